The van der Waals surface area contributed by atoms with Crippen LogP contribution in [0.5, 0.6) is 0 Å². The van der Waals surface area contributed by atoms with Gasteiger partial charge in [0.15, 0.2) is 6.10 Å². The van der Waals surface area contributed by atoms with Crippen LogP contribution in [0.2, 0.25) is 0 Å². The number of aliphatic hydroxyl groups excluding tert-OH is 1. The molecule has 0 saturated carbocycles. The predicted molar refractivity (Wildman–Crippen MR) is 63.7 cm³/mol. The summed E-state index contributed by atoms with van der Waals surface area (Å²) in [4.78, 5) is 22.1. The minimum atomic E-state index is -1.24. The quantitative estimate of drug-likeness (QED) is 0.632. The summed E-state index contributed by atoms with van der Waals surface area (Å²) in [6.45, 7) is 3.79. The Hall–Kier alpha value is -0.850. The maximum atomic E-state index is 11.1. The van der Waals surface area contributed by atoms with Crippen LogP contribution in [0.25, 0.3) is 0 Å². The molecular formula is C10H20ClNO5. The highest BCUT2D eigenvalue weighted by molar-refractivity contribution is 5.85. The molecule has 0 aliphatic heterocycles. The predicted octanol–water partition coefficient (Wildman–Crippen LogP) is 0.00280. The lowest BCUT2D eigenvalue weighted by atomic mass is 10.1. The van der Waals surface area contributed by atoms with Gasteiger partial charge in [0.05, 0.1) is 13.2 Å². The minimum Gasteiger partial charge on any atom is -0.465 e. The van der Waals surface area contributed by atoms with Crippen LogP contribution >= 0.6 is 12.4 Å². The highest BCUT2D eigenvalue weighted by Gasteiger charge is 2.20. The SMILES string of the molecule is CCOC(=O)[C@H](O)CC[C@H](N)C(=O)OCC.Cl. The van der Waals surface area contributed by atoms with Crippen LogP contribution in [0.4, 0.5) is 0 Å². The van der Waals surface area contributed by atoms with Crippen LogP contribution in [0.15, 0.2) is 0 Å². The van der Waals surface area contributed by atoms with Crippen LogP contribution in [-0.4, -0.2) is 42.4 Å². The van der Waals surface area contributed by atoms with Crippen molar-refractivity contribution < 1.29 is 24.2 Å². The van der Waals surface area contributed by atoms with E-state index in [0.29, 0.717) is 0 Å². The van der Waals surface area contributed by atoms with Gasteiger partial charge in [0, 0.05) is 0 Å². The summed E-state index contributed by atoms with van der Waals surface area (Å²) in [5.41, 5.74) is 5.49. The van der Waals surface area contributed by atoms with Crippen molar-refractivity contribution in [3.63, 3.8) is 0 Å². The summed E-state index contributed by atoms with van der Waals surface area (Å²) in [7, 11) is 0. The summed E-state index contributed by atoms with van der Waals surface area (Å²) in [6.07, 6.45) is -0.974. The average Bonchev–Trinajstić information content (AvgIpc) is 2.25. The van der Waals surface area contributed by atoms with E-state index in [-0.39, 0.29) is 38.5 Å². The van der Waals surface area contributed by atoms with Gasteiger partial charge in [-0.25, -0.2) is 4.79 Å². The van der Waals surface area contributed by atoms with Crippen LogP contribution in [0, 0.1) is 0 Å². The van der Waals surface area contributed by atoms with E-state index in [0.717, 1.165) is 0 Å². The summed E-state index contributed by atoms with van der Waals surface area (Å²) in [5.74, 6) is -1.22. The molecule has 0 saturated heterocycles. The van der Waals surface area contributed by atoms with Crippen LogP contribution in [-0.2, 0) is 19.1 Å². The zero-order valence-electron chi connectivity index (χ0n) is 10.0. The van der Waals surface area contributed by atoms with Gasteiger partial charge in [0.25, 0.3) is 0 Å². The van der Waals surface area contributed by atoms with E-state index >= 15 is 0 Å². The van der Waals surface area contributed by atoms with Crippen molar-refractivity contribution in [2.45, 2.75) is 38.8 Å². The van der Waals surface area contributed by atoms with Crippen molar-refractivity contribution in [3.05, 3.63) is 0 Å². The third kappa shape index (κ3) is 7.95. The molecule has 0 aromatic heterocycles. The number of hydrogen-bond donors (Lipinski definition) is 2. The Balaban J connectivity index is 0. The number of ether oxygens (including phenoxy) is 2. The van der Waals surface area contributed by atoms with E-state index in [1.807, 2.05) is 0 Å². The zero-order valence-corrected chi connectivity index (χ0v) is 10.9. The molecule has 0 rings (SSSR count). The van der Waals surface area contributed by atoms with Crippen molar-refractivity contribution >= 4 is 24.3 Å². The van der Waals surface area contributed by atoms with E-state index in [4.69, 9.17) is 5.73 Å². The number of halogens is 1. The second-order valence-electron chi connectivity index (χ2n) is 3.20. The number of hydrogen-bond acceptors (Lipinski definition) is 6. The van der Waals surface area contributed by atoms with Gasteiger partial charge in [-0.1, -0.05) is 0 Å². The number of nitrogens with two attached hydrogens (primary N) is 1. The lowest BCUT2D eigenvalue weighted by molar-refractivity contribution is -0.154. The third-order valence-corrected chi connectivity index (χ3v) is 1.90. The Bertz CT molecular complexity index is 213. The molecule has 6 nitrogen and oxygen atoms in total. The number of carbonyl (C=O) groups is 2. The first kappa shape index (κ1) is 18.5. The van der Waals surface area contributed by atoms with E-state index in [2.05, 4.69) is 9.47 Å². The Morgan fingerprint density at radius 3 is 2.06 bits per heavy atom. The number of rotatable bonds is 7. The van der Waals surface area contributed by atoms with Crippen molar-refractivity contribution in [3.8, 4) is 0 Å². The van der Waals surface area contributed by atoms with E-state index in [1.54, 1.807) is 13.8 Å². The molecule has 0 aliphatic rings. The van der Waals surface area contributed by atoms with Gasteiger partial charge in [-0.3, -0.25) is 4.79 Å². The highest BCUT2D eigenvalue weighted by Crippen LogP contribution is 2.03. The van der Waals surface area contributed by atoms with Gasteiger partial charge in [0.1, 0.15) is 6.04 Å². The molecule has 102 valence electrons. The first-order valence-electron chi connectivity index (χ1n) is 5.29. The van der Waals surface area contributed by atoms with Gasteiger partial charge >= 0.3 is 11.9 Å². The Kier molecular flexibility index (Phi) is 11.2. The van der Waals surface area contributed by atoms with Crippen LogP contribution in [0.1, 0.15) is 26.7 Å². The topological polar surface area (TPSA) is 98.9 Å². The Morgan fingerprint density at radius 2 is 1.59 bits per heavy atom. The molecule has 0 heterocycles. The van der Waals surface area contributed by atoms with E-state index in [9.17, 15) is 14.7 Å². The van der Waals surface area contributed by atoms with Crippen molar-refractivity contribution in [1.29, 1.82) is 0 Å². The molecule has 3 N–H and O–H groups in total. The molecule has 7 heteroatoms. The average molecular weight is 270 g/mol. The van der Waals surface area contributed by atoms with Gasteiger partial charge in [-0.2, -0.15) is 0 Å². The summed E-state index contributed by atoms with van der Waals surface area (Å²) in [5, 5.41) is 9.33. The minimum absolute atomic E-state index is 0. The summed E-state index contributed by atoms with van der Waals surface area (Å²) in [6, 6.07) is -0.816. The van der Waals surface area contributed by atoms with Crippen molar-refractivity contribution in [1.82, 2.24) is 0 Å². The lowest BCUT2D eigenvalue weighted by Gasteiger charge is -2.13. The maximum absolute atomic E-state index is 11.1. The smallest absolute Gasteiger partial charge is 0.334 e. The molecule has 0 aliphatic carbocycles. The molecule has 0 aromatic rings. The van der Waals surface area contributed by atoms with Gasteiger partial charge in [-0.05, 0) is 26.7 Å². The van der Waals surface area contributed by atoms with E-state index in [1.165, 1.54) is 0 Å². The fourth-order valence-electron chi connectivity index (χ4n) is 1.06. The summed E-state index contributed by atoms with van der Waals surface area (Å²) >= 11 is 0. The molecule has 0 bridgehead atoms. The second-order valence-corrected chi connectivity index (χ2v) is 3.20. The molecule has 0 amide bonds. The molecule has 0 aromatic carbocycles. The first-order valence-corrected chi connectivity index (χ1v) is 5.29. The molecule has 0 fully saturated rings. The fraction of sp³-hybridized carbons (Fsp3) is 0.800. The molecule has 2 atom stereocenters. The number of esters is 2. The number of aliphatic hydroxyl groups is 1. The van der Waals surface area contributed by atoms with Gasteiger partial charge in [0.2, 0.25) is 0 Å². The van der Waals surface area contributed by atoms with E-state index < -0.39 is 24.1 Å². The molecule has 0 spiro atoms. The molecule has 0 radical (unpaired) electrons. The fourth-order valence-corrected chi connectivity index (χ4v) is 1.06. The second kappa shape index (κ2) is 10.3. The highest BCUT2D eigenvalue weighted by atomic mass is 35.5. The maximum Gasteiger partial charge on any atom is 0.334 e. The summed E-state index contributed by atoms with van der Waals surface area (Å²) < 4.78 is 9.28. The Labute approximate surface area is 107 Å². The molecule has 0 unspecified atom stereocenters. The molecular weight excluding hydrogens is 250 g/mol. The van der Waals surface area contributed by atoms with Crippen LogP contribution in [0.3, 0.4) is 0 Å². The largest absolute Gasteiger partial charge is 0.465 e. The zero-order chi connectivity index (χ0) is 12.6. The monoisotopic (exact) mass is 269 g/mol. The van der Waals surface area contributed by atoms with Crippen molar-refractivity contribution in [2.24, 2.45) is 5.73 Å². The Morgan fingerprint density at radius 1 is 1.12 bits per heavy atom. The first-order chi connectivity index (χ1) is 7.52. The normalized spacial score (nSPS) is 13.2. The molecule has 17 heavy (non-hydrogen) atoms. The standard InChI is InChI=1S/C10H19NO5.ClH/c1-3-15-9(13)7(11)5-6-8(12)10(14)16-4-2;/h7-8,12H,3-6,11H2,1-2H3;1H/t7-,8+;/m0./s1. The van der Waals surface area contributed by atoms with Crippen LogP contribution < -0.4 is 5.73 Å². The van der Waals surface area contributed by atoms with Gasteiger partial charge < -0.3 is 20.3 Å². The van der Waals surface area contributed by atoms with Crippen molar-refractivity contribution in [2.75, 3.05) is 13.2 Å². The van der Waals surface area contributed by atoms with Gasteiger partial charge in [-0.15, -0.1) is 12.4 Å². The third-order valence-electron chi connectivity index (χ3n) is 1.90. The number of carbonyl (C=O) groups excluding carboxylic acids is 2. The lowest BCUT2D eigenvalue weighted by Crippen LogP contribution is -2.34.